The number of carbonyl (C=O) groups is 2. The van der Waals surface area contributed by atoms with Crippen molar-refractivity contribution in [2.24, 2.45) is 50.2 Å². The molecule has 5 aliphatic carbocycles. The third kappa shape index (κ3) is 2.98. The van der Waals surface area contributed by atoms with Crippen molar-refractivity contribution < 1.29 is 30.0 Å². The van der Waals surface area contributed by atoms with E-state index in [2.05, 4.69) is 40.7 Å². The molecule has 0 spiro atoms. The van der Waals surface area contributed by atoms with Crippen LogP contribution in [0.3, 0.4) is 0 Å². The van der Waals surface area contributed by atoms with Gasteiger partial charge in [-0.15, -0.1) is 0 Å². The van der Waals surface area contributed by atoms with Gasteiger partial charge < -0.3 is 20.4 Å². The van der Waals surface area contributed by atoms with Crippen molar-refractivity contribution in [1.82, 2.24) is 0 Å². The van der Waals surface area contributed by atoms with E-state index in [9.17, 15) is 30.0 Å². The van der Waals surface area contributed by atoms with Gasteiger partial charge in [0.25, 0.3) is 0 Å². The molecule has 5 aliphatic rings. The summed E-state index contributed by atoms with van der Waals surface area (Å²) in [4.78, 5) is 25.3. The molecule has 6 nitrogen and oxygen atoms in total. The molecule has 0 aliphatic heterocycles. The minimum absolute atomic E-state index is 0.0314. The lowest BCUT2D eigenvalue weighted by Gasteiger charge is -2.71. The summed E-state index contributed by atoms with van der Waals surface area (Å²) in [6, 6.07) is 0. The van der Waals surface area contributed by atoms with Crippen LogP contribution in [-0.4, -0.2) is 44.6 Å². The van der Waals surface area contributed by atoms with E-state index in [0.717, 1.165) is 38.5 Å². The van der Waals surface area contributed by atoms with E-state index in [4.69, 9.17) is 0 Å². The lowest BCUT2D eigenvalue weighted by molar-refractivity contribution is -0.239. The van der Waals surface area contributed by atoms with Crippen molar-refractivity contribution in [3.05, 3.63) is 11.6 Å². The van der Waals surface area contributed by atoms with Crippen molar-refractivity contribution in [2.45, 2.75) is 112 Å². The van der Waals surface area contributed by atoms with Gasteiger partial charge in [-0.05, 0) is 104 Å². The highest BCUT2D eigenvalue weighted by Crippen LogP contribution is 2.75. The summed E-state index contributed by atoms with van der Waals surface area (Å²) in [7, 11) is 0. The zero-order valence-corrected chi connectivity index (χ0v) is 22.9. The zero-order chi connectivity index (χ0) is 26.7. The Kier molecular flexibility index (Phi) is 5.53. The molecule has 0 amide bonds. The Morgan fingerprint density at radius 2 is 1.47 bits per heavy atom. The lowest BCUT2D eigenvalue weighted by atomic mass is 9.33. The first-order valence-electron chi connectivity index (χ1n) is 14.0. The normalized spacial score (nSPS) is 53.7. The molecule has 0 bridgehead atoms. The molecular weight excluding hydrogens is 456 g/mol. The number of hydrogen-bond donors (Lipinski definition) is 4. The summed E-state index contributed by atoms with van der Waals surface area (Å²) in [6.07, 6.45) is 6.80. The second-order valence-corrected chi connectivity index (χ2v) is 15.0. The molecule has 4 saturated carbocycles. The second-order valence-electron chi connectivity index (χ2n) is 15.0. The molecule has 202 valence electrons. The number of rotatable bonds is 2. The van der Waals surface area contributed by atoms with Crippen LogP contribution in [0.25, 0.3) is 0 Å². The quantitative estimate of drug-likeness (QED) is 0.383. The molecule has 0 heterocycles. The number of aliphatic hydroxyl groups excluding tert-OH is 2. The van der Waals surface area contributed by atoms with Gasteiger partial charge in [-0.25, -0.2) is 0 Å². The summed E-state index contributed by atoms with van der Waals surface area (Å²) in [6.45, 7) is 13.0. The number of allylic oxidation sites excluding steroid dienone is 2. The molecule has 6 heteroatoms. The second kappa shape index (κ2) is 7.59. The highest BCUT2D eigenvalue weighted by Gasteiger charge is 2.71. The Bertz CT molecular complexity index is 1020. The third-order valence-corrected chi connectivity index (χ3v) is 13.1. The molecule has 10 atom stereocenters. The smallest absolute Gasteiger partial charge is 0.312 e. The first kappa shape index (κ1) is 26.2. The van der Waals surface area contributed by atoms with Crippen molar-refractivity contribution in [2.75, 3.05) is 0 Å². The molecule has 0 aromatic rings. The maximum atomic E-state index is 12.8. The summed E-state index contributed by atoms with van der Waals surface area (Å²) >= 11 is 0. The Balaban J connectivity index is 1.62. The predicted octanol–water partition coefficient (Wildman–Crippen LogP) is 5.27. The Labute approximate surface area is 215 Å². The van der Waals surface area contributed by atoms with Gasteiger partial charge in [-0.2, -0.15) is 0 Å². The van der Waals surface area contributed by atoms with Gasteiger partial charge in [0.2, 0.25) is 0 Å². The van der Waals surface area contributed by atoms with Crippen LogP contribution in [0, 0.1) is 50.2 Å². The fourth-order valence-electron chi connectivity index (χ4n) is 10.7. The van der Waals surface area contributed by atoms with Crippen LogP contribution < -0.4 is 0 Å². The predicted molar refractivity (Wildman–Crippen MR) is 136 cm³/mol. The average Bonchev–Trinajstić information content (AvgIpc) is 2.77. The molecule has 36 heavy (non-hydrogen) atoms. The third-order valence-electron chi connectivity index (χ3n) is 13.1. The van der Waals surface area contributed by atoms with Gasteiger partial charge in [0.15, 0.2) is 0 Å². The van der Waals surface area contributed by atoms with E-state index in [0.29, 0.717) is 19.3 Å². The molecule has 0 aromatic carbocycles. The fourth-order valence-corrected chi connectivity index (χ4v) is 10.7. The number of aliphatic carboxylic acids is 2. The van der Waals surface area contributed by atoms with E-state index in [1.165, 1.54) is 5.57 Å². The van der Waals surface area contributed by atoms with E-state index in [1.807, 2.05) is 0 Å². The van der Waals surface area contributed by atoms with Crippen molar-refractivity contribution in [3.63, 3.8) is 0 Å². The van der Waals surface area contributed by atoms with Crippen molar-refractivity contribution >= 4 is 11.9 Å². The number of fused-ring (bicyclic) bond motifs is 7. The van der Waals surface area contributed by atoms with Crippen LogP contribution in [0.4, 0.5) is 0 Å². The van der Waals surface area contributed by atoms with E-state index >= 15 is 0 Å². The molecule has 10 unspecified atom stereocenters. The monoisotopic (exact) mass is 502 g/mol. The first-order chi connectivity index (χ1) is 16.5. The number of carboxylic acids is 2. The van der Waals surface area contributed by atoms with Crippen molar-refractivity contribution in [3.8, 4) is 0 Å². The van der Waals surface area contributed by atoms with E-state index in [1.54, 1.807) is 6.92 Å². The van der Waals surface area contributed by atoms with Gasteiger partial charge in [0.05, 0.1) is 23.0 Å². The van der Waals surface area contributed by atoms with Crippen molar-refractivity contribution in [1.29, 1.82) is 0 Å². The van der Waals surface area contributed by atoms with Crippen LogP contribution in [-0.2, 0) is 9.59 Å². The van der Waals surface area contributed by atoms with Gasteiger partial charge in [-0.1, -0.05) is 46.3 Å². The largest absolute Gasteiger partial charge is 0.481 e. The highest BCUT2D eigenvalue weighted by atomic mass is 16.4. The standard InChI is InChI=1S/C30H46O6/c1-25(2)11-13-30(24(35)36)14-12-27(4)17(18(30)15-25)7-8-20-26(3)16-19(31)22(32)29(6,23(33)34)21(26)9-10-28(20,27)5/h7,18-22,31-32H,8-16H2,1-6H3,(H,33,34)(H,35,36). The maximum Gasteiger partial charge on any atom is 0.312 e. The van der Waals surface area contributed by atoms with Crippen LogP contribution in [0.5, 0.6) is 0 Å². The number of aliphatic hydroxyl groups is 2. The minimum Gasteiger partial charge on any atom is -0.481 e. The maximum absolute atomic E-state index is 12.8. The molecule has 0 aromatic heterocycles. The summed E-state index contributed by atoms with van der Waals surface area (Å²) in [5, 5.41) is 42.6. The van der Waals surface area contributed by atoms with E-state index in [-0.39, 0.29) is 34.0 Å². The van der Waals surface area contributed by atoms with Gasteiger partial charge in [-0.3, -0.25) is 9.59 Å². The molecule has 5 rings (SSSR count). The molecule has 0 saturated heterocycles. The minimum atomic E-state index is -1.39. The van der Waals surface area contributed by atoms with Crippen LogP contribution in [0.2, 0.25) is 0 Å². The average molecular weight is 503 g/mol. The van der Waals surface area contributed by atoms with Gasteiger partial charge in [0, 0.05) is 0 Å². The van der Waals surface area contributed by atoms with Crippen LogP contribution in [0.15, 0.2) is 11.6 Å². The molecular formula is C30H46O6. The first-order valence-corrected chi connectivity index (χ1v) is 14.0. The zero-order valence-electron chi connectivity index (χ0n) is 22.9. The topological polar surface area (TPSA) is 115 Å². The molecule has 4 fully saturated rings. The number of hydrogen-bond acceptors (Lipinski definition) is 4. The molecule has 4 N–H and O–H groups in total. The Morgan fingerprint density at radius 1 is 0.833 bits per heavy atom. The fraction of sp³-hybridized carbons (Fsp3) is 0.867. The highest BCUT2D eigenvalue weighted by molar-refractivity contribution is 5.77. The summed E-state index contributed by atoms with van der Waals surface area (Å²) < 4.78 is 0. The van der Waals surface area contributed by atoms with Gasteiger partial charge >= 0.3 is 11.9 Å². The summed E-state index contributed by atoms with van der Waals surface area (Å²) in [5.74, 6) is -1.71. The molecule has 0 radical (unpaired) electrons. The van der Waals surface area contributed by atoms with Crippen LogP contribution in [0.1, 0.15) is 99.3 Å². The SMILES string of the molecule is CC1(C)CCC2(C(=O)O)CCC3(C)C(=CCC4C5(C)CC(O)C(O)C(C)(C(=O)O)C5CCC43C)C2C1. The van der Waals surface area contributed by atoms with E-state index < -0.39 is 40.4 Å². The lowest BCUT2D eigenvalue weighted by Crippen LogP contribution is -2.68. The summed E-state index contributed by atoms with van der Waals surface area (Å²) in [5.41, 5.74) is -1.36. The van der Waals surface area contributed by atoms with Gasteiger partial charge in [0.1, 0.15) is 0 Å². The number of carboxylic acid groups (broad SMARTS) is 2. The Hall–Kier alpha value is -1.40. The Morgan fingerprint density at radius 3 is 2.08 bits per heavy atom. The van der Waals surface area contributed by atoms with Crippen LogP contribution >= 0.6 is 0 Å².